The molecule has 24 heavy (non-hydrogen) atoms. The van der Waals surface area contributed by atoms with Crippen molar-refractivity contribution in [1.29, 1.82) is 0 Å². The van der Waals surface area contributed by atoms with E-state index >= 15 is 0 Å². The Balaban J connectivity index is 0.00000208. The van der Waals surface area contributed by atoms with Crippen LogP contribution >= 0.6 is 35.6 Å². The molecule has 3 nitrogen and oxygen atoms in total. The van der Waals surface area contributed by atoms with Crippen molar-refractivity contribution in [3.05, 3.63) is 33.8 Å². The fraction of sp³-hybridized carbons (Fsp3) is 0.667. The highest BCUT2D eigenvalue weighted by molar-refractivity contribution is 6.42. The fourth-order valence-electron chi connectivity index (χ4n) is 3.62. The quantitative estimate of drug-likeness (QED) is 0.802. The van der Waals surface area contributed by atoms with E-state index < -0.39 is 0 Å². The first-order chi connectivity index (χ1) is 11.0. The van der Waals surface area contributed by atoms with Crippen molar-refractivity contribution >= 4 is 35.6 Å². The zero-order valence-electron chi connectivity index (χ0n) is 14.2. The lowest BCUT2D eigenvalue weighted by atomic mass is 9.88. The maximum absolute atomic E-state index is 6.07. The summed E-state index contributed by atoms with van der Waals surface area (Å²) in [7, 11) is 0. The molecule has 0 spiro atoms. The molecule has 0 aliphatic carbocycles. The van der Waals surface area contributed by atoms with Gasteiger partial charge in [-0.05, 0) is 48.9 Å². The molecule has 2 heterocycles. The molecule has 0 aromatic heterocycles. The van der Waals surface area contributed by atoms with Crippen molar-refractivity contribution in [2.45, 2.75) is 38.9 Å². The Bertz CT molecular complexity index is 527. The van der Waals surface area contributed by atoms with E-state index in [0.29, 0.717) is 28.2 Å². The summed E-state index contributed by atoms with van der Waals surface area (Å²) in [5.74, 6) is 0. The Morgan fingerprint density at radius 3 is 2.62 bits per heavy atom. The van der Waals surface area contributed by atoms with Crippen LogP contribution in [0.15, 0.2) is 18.2 Å². The number of piperidine rings is 1. The van der Waals surface area contributed by atoms with E-state index in [1.807, 2.05) is 18.2 Å². The number of likely N-dealkylation sites (tertiary alicyclic amines) is 1. The average Bonchev–Trinajstić information content (AvgIpc) is 2.96. The SMILES string of the molecule is CC1(CN2CCC(OCc3ccc(Cl)c(Cl)c3)CC2)CCNC1.Cl. The predicted octanol–water partition coefficient (Wildman–Crippen LogP) is 4.40. The van der Waals surface area contributed by atoms with E-state index in [0.717, 1.165) is 38.0 Å². The maximum atomic E-state index is 6.07. The third-order valence-corrected chi connectivity index (χ3v) is 5.81. The topological polar surface area (TPSA) is 24.5 Å². The molecule has 2 aliphatic heterocycles. The first kappa shape index (κ1) is 20.3. The second-order valence-corrected chi connectivity index (χ2v) is 8.09. The molecule has 2 aliphatic rings. The van der Waals surface area contributed by atoms with Crippen LogP contribution in [0.2, 0.25) is 10.0 Å². The summed E-state index contributed by atoms with van der Waals surface area (Å²) in [5.41, 5.74) is 1.54. The van der Waals surface area contributed by atoms with E-state index in [4.69, 9.17) is 27.9 Å². The Labute approximate surface area is 161 Å². The third-order valence-electron chi connectivity index (χ3n) is 5.07. The zero-order valence-corrected chi connectivity index (χ0v) is 16.5. The highest BCUT2D eigenvalue weighted by Crippen LogP contribution is 2.28. The van der Waals surface area contributed by atoms with Crippen LogP contribution in [0, 0.1) is 5.41 Å². The van der Waals surface area contributed by atoms with Gasteiger partial charge in [-0.15, -0.1) is 12.4 Å². The van der Waals surface area contributed by atoms with E-state index in [2.05, 4.69) is 17.1 Å². The molecule has 1 unspecified atom stereocenters. The van der Waals surface area contributed by atoms with Crippen molar-refractivity contribution in [2.75, 3.05) is 32.7 Å². The molecule has 0 bridgehead atoms. The second-order valence-electron chi connectivity index (χ2n) is 7.27. The second kappa shape index (κ2) is 9.07. The van der Waals surface area contributed by atoms with Crippen LogP contribution < -0.4 is 5.32 Å². The minimum atomic E-state index is 0. The molecule has 3 rings (SSSR count). The molecule has 136 valence electrons. The molecule has 0 radical (unpaired) electrons. The summed E-state index contributed by atoms with van der Waals surface area (Å²) in [6, 6.07) is 5.71. The largest absolute Gasteiger partial charge is 0.373 e. The standard InChI is InChI=1S/C18H26Cl2N2O.ClH/c1-18(6-7-21-12-18)13-22-8-4-15(5-9-22)23-11-14-2-3-16(19)17(20)10-14;/h2-3,10,15,21H,4-9,11-13H2,1H3;1H. The van der Waals surface area contributed by atoms with Gasteiger partial charge in [0.15, 0.2) is 0 Å². The zero-order chi connectivity index (χ0) is 16.3. The molecule has 1 N–H and O–H groups in total. The Morgan fingerprint density at radius 1 is 1.25 bits per heavy atom. The lowest BCUT2D eigenvalue weighted by Gasteiger charge is -2.37. The monoisotopic (exact) mass is 392 g/mol. The molecular weight excluding hydrogens is 367 g/mol. The highest BCUT2D eigenvalue weighted by Gasteiger charge is 2.32. The Morgan fingerprint density at radius 2 is 2.00 bits per heavy atom. The normalized spacial score (nSPS) is 25.6. The first-order valence-electron chi connectivity index (χ1n) is 8.53. The molecule has 1 aromatic carbocycles. The number of hydrogen-bond acceptors (Lipinski definition) is 3. The summed E-state index contributed by atoms with van der Waals surface area (Å²) < 4.78 is 6.07. The van der Waals surface area contributed by atoms with Gasteiger partial charge in [0.2, 0.25) is 0 Å². The van der Waals surface area contributed by atoms with Gasteiger partial charge in [0.1, 0.15) is 0 Å². The van der Waals surface area contributed by atoms with E-state index in [9.17, 15) is 0 Å². The number of ether oxygens (including phenoxy) is 1. The molecule has 6 heteroatoms. The molecule has 0 amide bonds. The van der Waals surface area contributed by atoms with Gasteiger partial charge in [0, 0.05) is 26.2 Å². The van der Waals surface area contributed by atoms with E-state index in [1.54, 1.807) is 0 Å². The van der Waals surface area contributed by atoms with Gasteiger partial charge in [-0.25, -0.2) is 0 Å². The van der Waals surface area contributed by atoms with Crippen molar-refractivity contribution in [3.8, 4) is 0 Å². The molecule has 2 saturated heterocycles. The number of nitrogens with one attached hydrogen (secondary N) is 1. The number of hydrogen-bond donors (Lipinski definition) is 1. The number of benzene rings is 1. The predicted molar refractivity (Wildman–Crippen MR) is 104 cm³/mol. The van der Waals surface area contributed by atoms with Gasteiger partial charge in [0.25, 0.3) is 0 Å². The lowest BCUT2D eigenvalue weighted by molar-refractivity contribution is -0.00856. The average molecular weight is 394 g/mol. The summed E-state index contributed by atoms with van der Waals surface area (Å²) in [6.45, 7) is 8.83. The Kier molecular flexibility index (Phi) is 7.66. The van der Waals surface area contributed by atoms with Gasteiger partial charge in [-0.1, -0.05) is 36.2 Å². The van der Waals surface area contributed by atoms with Crippen LogP contribution in [-0.2, 0) is 11.3 Å². The van der Waals surface area contributed by atoms with Gasteiger partial charge in [0.05, 0.1) is 22.8 Å². The van der Waals surface area contributed by atoms with Gasteiger partial charge >= 0.3 is 0 Å². The van der Waals surface area contributed by atoms with Crippen LogP contribution in [0.4, 0.5) is 0 Å². The summed E-state index contributed by atoms with van der Waals surface area (Å²) in [6.07, 6.45) is 3.88. The highest BCUT2D eigenvalue weighted by atomic mass is 35.5. The van der Waals surface area contributed by atoms with Gasteiger partial charge < -0.3 is 15.0 Å². The van der Waals surface area contributed by atoms with Gasteiger partial charge in [-0.3, -0.25) is 0 Å². The summed E-state index contributed by atoms with van der Waals surface area (Å²) in [5, 5.41) is 4.68. The molecule has 1 aromatic rings. The summed E-state index contributed by atoms with van der Waals surface area (Å²) >= 11 is 12.0. The maximum Gasteiger partial charge on any atom is 0.0721 e. The lowest BCUT2D eigenvalue weighted by Crippen LogP contribution is -2.43. The number of halogens is 3. The number of nitrogens with zero attached hydrogens (tertiary/aromatic N) is 1. The molecule has 0 saturated carbocycles. The molecule has 2 fully saturated rings. The first-order valence-corrected chi connectivity index (χ1v) is 9.28. The van der Waals surface area contributed by atoms with Crippen LogP contribution in [0.5, 0.6) is 0 Å². The Hall–Kier alpha value is -0.0300. The van der Waals surface area contributed by atoms with Crippen LogP contribution in [0.1, 0.15) is 31.7 Å². The van der Waals surface area contributed by atoms with Crippen LogP contribution in [-0.4, -0.2) is 43.7 Å². The summed E-state index contributed by atoms with van der Waals surface area (Å²) in [4.78, 5) is 2.60. The smallest absolute Gasteiger partial charge is 0.0721 e. The van der Waals surface area contributed by atoms with E-state index in [-0.39, 0.29) is 12.4 Å². The van der Waals surface area contributed by atoms with E-state index in [1.165, 1.54) is 19.5 Å². The van der Waals surface area contributed by atoms with Gasteiger partial charge in [-0.2, -0.15) is 0 Å². The van der Waals surface area contributed by atoms with Crippen LogP contribution in [0.3, 0.4) is 0 Å². The molecular formula is C18H27Cl3N2O. The fourth-order valence-corrected chi connectivity index (χ4v) is 3.94. The van der Waals surface area contributed by atoms with Crippen molar-refractivity contribution in [2.24, 2.45) is 5.41 Å². The van der Waals surface area contributed by atoms with Crippen molar-refractivity contribution < 1.29 is 4.74 Å². The molecule has 1 atom stereocenters. The number of rotatable bonds is 5. The van der Waals surface area contributed by atoms with Crippen molar-refractivity contribution in [3.63, 3.8) is 0 Å². The third kappa shape index (κ3) is 5.48. The van der Waals surface area contributed by atoms with Crippen LogP contribution in [0.25, 0.3) is 0 Å². The van der Waals surface area contributed by atoms with Crippen molar-refractivity contribution in [1.82, 2.24) is 10.2 Å². The minimum Gasteiger partial charge on any atom is -0.373 e. The minimum absolute atomic E-state index is 0.